The molecule has 2 fully saturated rings. The molecule has 0 spiro atoms. The molecule has 2 aliphatic rings. The van der Waals surface area contributed by atoms with E-state index >= 15 is 0 Å². The Labute approximate surface area is 115 Å². The third-order valence-corrected chi connectivity index (χ3v) is 4.51. The van der Waals surface area contributed by atoms with Crippen LogP contribution in [0.4, 0.5) is 0 Å². The third kappa shape index (κ3) is 3.28. The molecule has 0 aromatic carbocycles. The summed E-state index contributed by atoms with van der Waals surface area (Å²) in [6, 6.07) is -0.0633. The van der Waals surface area contributed by atoms with Crippen molar-refractivity contribution in [3.63, 3.8) is 0 Å². The molecule has 4 nitrogen and oxygen atoms in total. The van der Waals surface area contributed by atoms with E-state index in [0.29, 0.717) is 0 Å². The lowest BCUT2D eigenvalue weighted by Crippen LogP contribution is -2.62. The van der Waals surface area contributed by atoms with Crippen LogP contribution in [0.15, 0.2) is 0 Å². The van der Waals surface area contributed by atoms with Gasteiger partial charge in [-0.05, 0) is 31.1 Å². The normalized spacial score (nSPS) is 33.3. The van der Waals surface area contributed by atoms with Gasteiger partial charge in [-0.1, -0.05) is 33.6 Å². The van der Waals surface area contributed by atoms with Gasteiger partial charge in [0.05, 0.1) is 6.54 Å². The molecule has 3 atom stereocenters. The van der Waals surface area contributed by atoms with Crippen molar-refractivity contribution in [2.24, 2.45) is 11.8 Å². The van der Waals surface area contributed by atoms with E-state index in [1.54, 1.807) is 0 Å². The smallest absolute Gasteiger partial charge is 0.246 e. The topological polar surface area (TPSA) is 49.4 Å². The Hall–Kier alpha value is -1.06. The lowest BCUT2D eigenvalue weighted by Gasteiger charge is -2.39. The van der Waals surface area contributed by atoms with Gasteiger partial charge >= 0.3 is 0 Å². The van der Waals surface area contributed by atoms with Crippen molar-refractivity contribution in [1.82, 2.24) is 10.2 Å². The van der Waals surface area contributed by atoms with E-state index in [1.165, 1.54) is 19.3 Å². The van der Waals surface area contributed by atoms with E-state index in [9.17, 15) is 9.59 Å². The van der Waals surface area contributed by atoms with Crippen molar-refractivity contribution < 1.29 is 9.59 Å². The highest BCUT2D eigenvalue weighted by Gasteiger charge is 2.38. The molecule has 0 radical (unpaired) electrons. The number of amides is 2. The second-order valence-corrected chi connectivity index (χ2v) is 6.52. The van der Waals surface area contributed by atoms with Gasteiger partial charge in [0.2, 0.25) is 11.8 Å². The fourth-order valence-corrected chi connectivity index (χ4v) is 3.23. The average molecular weight is 266 g/mol. The predicted molar refractivity (Wildman–Crippen MR) is 74.5 cm³/mol. The first-order valence-electron chi connectivity index (χ1n) is 7.59. The Morgan fingerprint density at radius 2 is 1.89 bits per heavy atom. The Morgan fingerprint density at radius 3 is 2.58 bits per heavy atom. The summed E-state index contributed by atoms with van der Waals surface area (Å²) in [7, 11) is 0. The van der Waals surface area contributed by atoms with Gasteiger partial charge in [-0.3, -0.25) is 9.59 Å². The average Bonchev–Trinajstić information content (AvgIpc) is 2.56. The number of rotatable bonds is 2. The molecule has 1 saturated carbocycles. The lowest BCUT2D eigenvalue weighted by molar-refractivity contribution is -0.148. The molecule has 1 heterocycles. The summed E-state index contributed by atoms with van der Waals surface area (Å²) in [4.78, 5) is 26.2. The first-order chi connectivity index (χ1) is 8.99. The van der Waals surface area contributed by atoms with Crippen molar-refractivity contribution >= 4 is 11.8 Å². The number of carbonyl (C=O) groups excluding carboxylic acids is 2. The zero-order valence-corrected chi connectivity index (χ0v) is 12.3. The molecule has 0 aromatic rings. The maximum absolute atomic E-state index is 12.5. The molecule has 108 valence electrons. The van der Waals surface area contributed by atoms with Crippen molar-refractivity contribution in [1.29, 1.82) is 0 Å². The van der Waals surface area contributed by atoms with Gasteiger partial charge in [-0.25, -0.2) is 0 Å². The first-order valence-corrected chi connectivity index (χ1v) is 7.59. The van der Waals surface area contributed by atoms with Gasteiger partial charge in [0, 0.05) is 6.04 Å². The molecular formula is C15H26N2O2. The summed E-state index contributed by atoms with van der Waals surface area (Å²) in [5.41, 5.74) is 0. The molecule has 1 aliphatic carbocycles. The predicted octanol–water partition coefficient (Wildman–Crippen LogP) is 1.94. The Kier molecular flexibility index (Phi) is 4.48. The van der Waals surface area contributed by atoms with Gasteiger partial charge in [0.1, 0.15) is 6.04 Å². The molecule has 0 aromatic heterocycles. The minimum atomic E-state index is -0.332. The minimum Gasteiger partial charge on any atom is -0.343 e. The van der Waals surface area contributed by atoms with Crippen molar-refractivity contribution in [2.75, 3.05) is 6.54 Å². The highest BCUT2D eigenvalue weighted by atomic mass is 16.2. The number of nitrogens with zero attached hydrogens (tertiary/aromatic N) is 1. The van der Waals surface area contributed by atoms with E-state index in [0.717, 1.165) is 18.8 Å². The van der Waals surface area contributed by atoms with Crippen molar-refractivity contribution in [3.8, 4) is 0 Å². The van der Waals surface area contributed by atoms with Crippen LogP contribution < -0.4 is 5.32 Å². The second kappa shape index (κ2) is 5.93. The molecule has 1 saturated heterocycles. The van der Waals surface area contributed by atoms with E-state index in [4.69, 9.17) is 0 Å². The molecular weight excluding hydrogens is 240 g/mol. The van der Waals surface area contributed by atoms with Gasteiger partial charge in [-0.2, -0.15) is 0 Å². The second-order valence-electron chi connectivity index (χ2n) is 6.52. The fourth-order valence-electron chi connectivity index (χ4n) is 3.23. The van der Waals surface area contributed by atoms with Crippen LogP contribution >= 0.6 is 0 Å². The summed E-state index contributed by atoms with van der Waals surface area (Å²) in [6.07, 6.45) is 5.68. The Morgan fingerprint density at radius 1 is 1.16 bits per heavy atom. The number of piperazine rings is 1. The van der Waals surface area contributed by atoms with Crippen LogP contribution in [-0.4, -0.2) is 35.3 Å². The van der Waals surface area contributed by atoms with E-state index in [2.05, 4.69) is 12.2 Å². The van der Waals surface area contributed by atoms with Crippen LogP contribution in [0.25, 0.3) is 0 Å². The van der Waals surface area contributed by atoms with Gasteiger partial charge < -0.3 is 10.2 Å². The monoisotopic (exact) mass is 266 g/mol. The van der Waals surface area contributed by atoms with Crippen LogP contribution in [0, 0.1) is 11.8 Å². The largest absolute Gasteiger partial charge is 0.343 e. The van der Waals surface area contributed by atoms with Crippen LogP contribution in [0.2, 0.25) is 0 Å². The van der Waals surface area contributed by atoms with Crippen LogP contribution in [-0.2, 0) is 9.59 Å². The number of carbonyl (C=O) groups is 2. The summed E-state index contributed by atoms with van der Waals surface area (Å²) >= 11 is 0. The molecule has 2 amide bonds. The standard InChI is InChI=1S/C15H26N2O2/c1-10(2)14-15(19)17(9-13(18)16-14)12-6-4-5-11(3)7-8-12/h10-12,14H,4-9H2,1-3H3,(H,16,18). The van der Waals surface area contributed by atoms with Crippen molar-refractivity contribution in [2.45, 2.75) is 65.0 Å². The molecule has 2 rings (SSSR count). The summed E-state index contributed by atoms with van der Waals surface area (Å²) in [5.74, 6) is 1.02. The molecule has 1 N–H and O–H groups in total. The first kappa shape index (κ1) is 14.4. The highest BCUT2D eigenvalue weighted by Crippen LogP contribution is 2.27. The van der Waals surface area contributed by atoms with Crippen LogP contribution in [0.1, 0.15) is 52.9 Å². The van der Waals surface area contributed by atoms with Crippen molar-refractivity contribution in [3.05, 3.63) is 0 Å². The molecule has 19 heavy (non-hydrogen) atoms. The van der Waals surface area contributed by atoms with Gasteiger partial charge in [0.25, 0.3) is 0 Å². The zero-order chi connectivity index (χ0) is 14.0. The van der Waals surface area contributed by atoms with E-state index in [1.807, 2.05) is 18.7 Å². The molecule has 1 aliphatic heterocycles. The number of hydrogen-bond acceptors (Lipinski definition) is 2. The van der Waals surface area contributed by atoms with E-state index < -0.39 is 0 Å². The number of nitrogens with one attached hydrogen (secondary N) is 1. The third-order valence-electron chi connectivity index (χ3n) is 4.51. The summed E-state index contributed by atoms with van der Waals surface area (Å²) < 4.78 is 0. The Bertz CT molecular complexity index is 354. The summed E-state index contributed by atoms with van der Waals surface area (Å²) in [6.45, 7) is 6.51. The fraction of sp³-hybridized carbons (Fsp3) is 0.867. The van der Waals surface area contributed by atoms with E-state index in [-0.39, 0.29) is 36.4 Å². The number of hydrogen-bond donors (Lipinski definition) is 1. The van der Waals surface area contributed by atoms with Crippen LogP contribution in [0.3, 0.4) is 0 Å². The Balaban J connectivity index is 2.08. The maximum atomic E-state index is 12.5. The van der Waals surface area contributed by atoms with Gasteiger partial charge in [0.15, 0.2) is 0 Å². The minimum absolute atomic E-state index is 0.00408. The lowest BCUT2D eigenvalue weighted by atomic mass is 9.97. The maximum Gasteiger partial charge on any atom is 0.246 e. The van der Waals surface area contributed by atoms with Gasteiger partial charge in [-0.15, -0.1) is 0 Å². The highest BCUT2D eigenvalue weighted by molar-refractivity contribution is 5.95. The molecule has 4 heteroatoms. The molecule has 0 bridgehead atoms. The quantitative estimate of drug-likeness (QED) is 0.777. The van der Waals surface area contributed by atoms with Crippen LogP contribution in [0.5, 0.6) is 0 Å². The summed E-state index contributed by atoms with van der Waals surface area (Å²) in [5, 5.41) is 2.83. The molecule has 3 unspecified atom stereocenters. The SMILES string of the molecule is CC1CCCC(N2CC(=O)NC(C(C)C)C2=O)CC1. The zero-order valence-electron chi connectivity index (χ0n) is 12.3.